The number of hydrogen-bond acceptors (Lipinski definition) is 7. The maximum Gasteiger partial charge on any atom is 0.288 e. The largest absolute Gasteiger partial charge is 0.409 e. The zero-order valence-electron chi connectivity index (χ0n) is 19.3. The van der Waals surface area contributed by atoms with E-state index in [4.69, 9.17) is 26.7 Å². The summed E-state index contributed by atoms with van der Waals surface area (Å²) in [7, 11) is 0. The molecule has 2 aliphatic rings. The molecule has 4 heterocycles. The van der Waals surface area contributed by atoms with Gasteiger partial charge in [0.1, 0.15) is 0 Å². The van der Waals surface area contributed by atoms with Crippen molar-refractivity contribution in [3.8, 4) is 22.8 Å². The van der Waals surface area contributed by atoms with Crippen molar-refractivity contribution in [2.45, 2.75) is 38.4 Å². The molecule has 1 aliphatic heterocycles. The first-order valence-corrected chi connectivity index (χ1v) is 12.5. The second-order valence-electron chi connectivity index (χ2n) is 9.28. The Hall–Kier alpha value is -3.43. The van der Waals surface area contributed by atoms with Gasteiger partial charge in [0.25, 0.3) is 4.84 Å². The van der Waals surface area contributed by atoms with Crippen LogP contribution in [0.5, 0.6) is 0 Å². The fourth-order valence-electron chi connectivity index (χ4n) is 4.58. The molecule has 1 aromatic carbocycles. The first-order chi connectivity index (χ1) is 17.1. The first kappa shape index (κ1) is 22.1. The molecule has 9 heteroatoms. The molecular formula is C26H26N6O2S. The molecular weight excluding hydrogens is 460 g/mol. The van der Waals surface area contributed by atoms with Crippen molar-refractivity contribution in [3.05, 3.63) is 59.6 Å². The highest BCUT2D eigenvalue weighted by Crippen LogP contribution is 2.31. The van der Waals surface area contributed by atoms with Crippen LogP contribution in [0.25, 0.3) is 33.7 Å². The van der Waals surface area contributed by atoms with Crippen LogP contribution in [0.4, 0.5) is 0 Å². The van der Waals surface area contributed by atoms with E-state index in [1.54, 1.807) is 10.9 Å². The van der Waals surface area contributed by atoms with Crippen molar-refractivity contribution in [2.75, 3.05) is 13.1 Å². The number of rotatable bonds is 6. The van der Waals surface area contributed by atoms with Crippen LogP contribution in [-0.4, -0.2) is 49.7 Å². The van der Waals surface area contributed by atoms with Crippen LogP contribution in [-0.2, 0) is 11.5 Å². The quantitative estimate of drug-likeness (QED) is 0.403. The van der Waals surface area contributed by atoms with Gasteiger partial charge >= 0.3 is 0 Å². The lowest BCUT2D eigenvalue weighted by Crippen LogP contribution is -2.41. The van der Waals surface area contributed by atoms with E-state index < -0.39 is 0 Å². The molecule has 1 aliphatic carbocycles. The second kappa shape index (κ2) is 9.31. The predicted octanol–water partition coefficient (Wildman–Crippen LogP) is 4.43. The van der Waals surface area contributed by atoms with Crippen LogP contribution >= 0.6 is 12.2 Å². The number of nitrogens with one attached hydrogen (secondary N) is 1. The van der Waals surface area contributed by atoms with Crippen molar-refractivity contribution < 1.29 is 9.21 Å². The van der Waals surface area contributed by atoms with Gasteiger partial charge in [0.05, 0.1) is 29.1 Å². The first-order valence-electron chi connectivity index (χ1n) is 12.1. The summed E-state index contributed by atoms with van der Waals surface area (Å²) in [5.74, 6) is 0.770. The lowest BCUT2D eigenvalue weighted by atomic mass is 9.96. The number of hydrogen-bond donors (Lipinski definition) is 1. The zero-order valence-corrected chi connectivity index (χ0v) is 20.1. The lowest BCUT2D eigenvalue weighted by Gasteiger charge is -2.30. The summed E-state index contributed by atoms with van der Waals surface area (Å²) in [5, 5.41) is 8.81. The fraction of sp³-hybridized carbons (Fsp3) is 0.346. The maximum absolute atomic E-state index is 12.4. The van der Waals surface area contributed by atoms with Gasteiger partial charge in [-0.1, -0.05) is 24.3 Å². The summed E-state index contributed by atoms with van der Waals surface area (Å²) >= 11 is 5.52. The van der Waals surface area contributed by atoms with Crippen LogP contribution in [0, 0.1) is 10.8 Å². The van der Waals surface area contributed by atoms with E-state index in [0.29, 0.717) is 23.4 Å². The molecule has 0 radical (unpaired) electrons. The Morgan fingerprint density at radius 2 is 1.86 bits per heavy atom. The number of pyridine rings is 2. The van der Waals surface area contributed by atoms with Gasteiger partial charge < -0.3 is 9.73 Å². The van der Waals surface area contributed by atoms with Gasteiger partial charge in [-0.2, -0.15) is 0 Å². The summed E-state index contributed by atoms with van der Waals surface area (Å²) in [6.07, 6.45) is 5.68. The normalized spacial score (nSPS) is 17.0. The molecule has 35 heavy (non-hydrogen) atoms. The average Bonchev–Trinajstić information content (AvgIpc) is 3.64. The van der Waals surface area contributed by atoms with Gasteiger partial charge in [-0.25, -0.2) is 9.67 Å². The van der Waals surface area contributed by atoms with Crippen LogP contribution in [0.1, 0.15) is 25.7 Å². The van der Waals surface area contributed by atoms with E-state index in [0.717, 1.165) is 66.6 Å². The van der Waals surface area contributed by atoms with Crippen LogP contribution in [0.3, 0.4) is 0 Å². The molecule has 2 fully saturated rings. The highest BCUT2D eigenvalue weighted by Gasteiger charge is 2.30. The van der Waals surface area contributed by atoms with E-state index in [1.807, 2.05) is 48.5 Å². The maximum atomic E-state index is 12.4. The van der Waals surface area contributed by atoms with Gasteiger partial charge in [-0.05, 0) is 62.2 Å². The minimum Gasteiger partial charge on any atom is -0.409 e. The number of nitrogens with zero attached hydrogens (tertiary/aromatic N) is 5. The fourth-order valence-corrected chi connectivity index (χ4v) is 4.75. The summed E-state index contributed by atoms with van der Waals surface area (Å²) < 4.78 is 7.71. The zero-order chi connectivity index (χ0) is 23.8. The highest BCUT2D eigenvalue weighted by molar-refractivity contribution is 7.71. The minimum atomic E-state index is 0.0980. The van der Waals surface area contributed by atoms with Gasteiger partial charge in [-0.3, -0.25) is 14.7 Å². The number of carbonyl (C=O) groups excluding carboxylic acids is 1. The molecule has 8 nitrogen and oxygen atoms in total. The summed E-state index contributed by atoms with van der Waals surface area (Å²) in [5.41, 5.74) is 3.21. The molecule has 3 aromatic heterocycles. The number of carbonyl (C=O) groups is 1. The Bertz CT molecular complexity index is 1420. The molecule has 0 atom stereocenters. The third kappa shape index (κ3) is 4.74. The van der Waals surface area contributed by atoms with E-state index in [2.05, 4.69) is 15.2 Å². The third-order valence-corrected chi connectivity index (χ3v) is 6.99. The monoisotopic (exact) mass is 486 g/mol. The van der Waals surface area contributed by atoms with Crippen LogP contribution in [0.2, 0.25) is 0 Å². The summed E-state index contributed by atoms with van der Waals surface area (Å²) in [6, 6.07) is 16.0. The topological polar surface area (TPSA) is 89.1 Å². The Morgan fingerprint density at radius 3 is 2.63 bits per heavy atom. The van der Waals surface area contributed by atoms with Crippen molar-refractivity contribution in [3.63, 3.8) is 0 Å². The smallest absolute Gasteiger partial charge is 0.288 e. The van der Waals surface area contributed by atoms with Gasteiger partial charge in [-0.15, -0.1) is 5.10 Å². The molecule has 1 N–H and O–H groups in total. The number of fused-ring (bicyclic) bond motifs is 1. The van der Waals surface area contributed by atoms with Crippen molar-refractivity contribution in [2.24, 2.45) is 5.92 Å². The van der Waals surface area contributed by atoms with Gasteiger partial charge in [0, 0.05) is 36.6 Å². The molecule has 1 saturated carbocycles. The van der Waals surface area contributed by atoms with Crippen molar-refractivity contribution >= 4 is 29.0 Å². The number of para-hydroxylation sites is 1. The van der Waals surface area contributed by atoms with E-state index in [9.17, 15) is 4.79 Å². The summed E-state index contributed by atoms with van der Waals surface area (Å²) in [6.45, 7) is 2.19. The minimum absolute atomic E-state index is 0.0980. The number of likely N-dealkylation sites (tertiary alicyclic amines) is 1. The molecule has 1 amide bonds. The average molecular weight is 487 g/mol. The van der Waals surface area contributed by atoms with E-state index >= 15 is 0 Å². The van der Waals surface area contributed by atoms with Gasteiger partial charge in [0.15, 0.2) is 0 Å². The number of piperidine rings is 1. The Kier molecular flexibility index (Phi) is 5.87. The highest BCUT2D eigenvalue weighted by atomic mass is 32.1. The third-order valence-electron chi connectivity index (χ3n) is 6.70. The van der Waals surface area contributed by atoms with Gasteiger partial charge in [0.2, 0.25) is 11.8 Å². The number of benzene rings is 1. The van der Waals surface area contributed by atoms with Crippen LogP contribution in [0.15, 0.2) is 59.1 Å². The van der Waals surface area contributed by atoms with Crippen LogP contribution < -0.4 is 5.32 Å². The van der Waals surface area contributed by atoms with Crippen molar-refractivity contribution in [1.82, 2.24) is 30.0 Å². The SMILES string of the molecule is O=C(NC1CC1)C1CCN(Cn2nc(-c3cc(-c4ccccn4)nc4ccccc34)oc2=S)CC1. The second-order valence-corrected chi connectivity index (χ2v) is 9.63. The predicted molar refractivity (Wildman–Crippen MR) is 135 cm³/mol. The molecule has 178 valence electrons. The van der Waals surface area contributed by atoms with E-state index in [-0.39, 0.29) is 11.8 Å². The molecule has 0 unspecified atom stereocenters. The molecule has 1 saturated heterocycles. The Balaban J connectivity index is 1.24. The molecule has 4 aromatic rings. The molecule has 0 spiro atoms. The standard InChI is InChI=1S/C26H26N6O2S/c33-24(28-18-8-9-18)17-10-13-31(14-11-17)16-32-26(35)34-25(30-32)20-15-23(22-7-3-4-12-27-22)29-21-6-2-1-5-19(20)21/h1-7,12,15,17-18H,8-11,13-14,16H2,(H,28,33). The molecule has 6 rings (SSSR count). The molecule has 0 bridgehead atoms. The Labute approximate surface area is 208 Å². The Morgan fingerprint density at radius 1 is 1.06 bits per heavy atom. The van der Waals surface area contributed by atoms with Crippen molar-refractivity contribution in [1.29, 1.82) is 0 Å². The lowest BCUT2D eigenvalue weighted by molar-refractivity contribution is -0.126. The van der Waals surface area contributed by atoms with E-state index in [1.165, 1.54) is 0 Å². The number of amides is 1. The summed E-state index contributed by atoms with van der Waals surface area (Å²) in [4.78, 5) is 24.2. The number of aromatic nitrogens is 4.